The lowest BCUT2D eigenvalue weighted by atomic mass is 10.3. The molecule has 0 spiro atoms. The molecule has 2 rings (SSSR count). The zero-order chi connectivity index (χ0) is 13.1. The van der Waals surface area contributed by atoms with Crippen molar-refractivity contribution in [2.75, 3.05) is 0 Å². The summed E-state index contributed by atoms with van der Waals surface area (Å²) >= 11 is 12.8. The molecule has 0 radical (unpaired) electrons. The van der Waals surface area contributed by atoms with Crippen LogP contribution < -0.4 is 4.74 Å². The van der Waals surface area contributed by atoms with Crippen molar-refractivity contribution in [1.29, 1.82) is 0 Å². The van der Waals surface area contributed by atoms with Crippen LogP contribution in [0.15, 0.2) is 24.4 Å². The number of non-ortho nitro benzene ring substituents is 1. The van der Waals surface area contributed by atoms with E-state index in [-0.39, 0.29) is 18.0 Å². The van der Waals surface area contributed by atoms with Gasteiger partial charge in [-0.05, 0) is 6.07 Å². The number of hydrogen-bond acceptors (Lipinski definition) is 5. The van der Waals surface area contributed by atoms with Crippen LogP contribution in [0.25, 0.3) is 0 Å². The zero-order valence-corrected chi connectivity index (χ0v) is 11.1. The van der Waals surface area contributed by atoms with Gasteiger partial charge in [-0.1, -0.05) is 23.2 Å². The Kier molecular flexibility index (Phi) is 4.00. The van der Waals surface area contributed by atoms with Gasteiger partial charge in [0.05, 0.1) is 20.9 Å². The molecule has 0 aliphatic heterocycles. The summed E-state index contributed by atoms with van der Waals surface area (Å²) < 4.78 is 5.82. The Morgan fingerprint density at radius 1 is 1.44 bits per heavy atom. The Bertz CT molecular complexity index is 588. The van der Waals surface area contributed by atoms with Crippen LogP contribution in [-0.4, -0.2) is 9.91 Å². The smallest absolute Gasteiger partial charge is 0.273 e. The van der Waals surface area contributed by atoms with Crippen molar-refractivity contribution in [3.05, 3.63) is 48.9 Å². The molecule has 0 N–H and O–H groups in total. The van der Waals surface area contributed by atoms with Crippen molar-refractivity contribution in [3.8, 4) is 5.75 Å². The molecule has 0 atom stereocenters. The number of nitro groups is 1. The van der Waals surface area contributed by atoms with E-state index in [0.717, 1.165) is 4.88 Å². The lowest BCUT2D eigenvalue weighted by Gasteiger charge is -2.05. The summed E-state index contributed by atoms with van der Waals surface area (Å²) in [6.07, 6.45) is 1.58. The average molecular weight is 305 g/mol. The first kappa shape index (κ1) is 13.1. The molecule has 0 aliphatic rings. The third-order valence-corrected chi connectivity index (χ3v) is 3.42. The number of thiazole rings is 1. The summed E-state index contributed by atoms with van der Waals surface area (Å²) in [7, 11) is 0. The molecule has 0 unspecified atom stereocenters. The van der Waals surface area contributed by atoms with Crippen LogP contribution in [0.5, 0.6) is 5.75 Å². The van der Waals surface area contributed by atoms with E-state index in [1.807, 2.05) is 0 Å². The molecule has 5 nitrogen and oxygen atoms in total. The van der Waals surface area contributed by atoms with Gasteiger partial charge in [-0.3, -0.25) is 10.1 Å². The van der Waals surface area contributed by atoms with Gasteiger partial charge in [-0.15, -0.1) is 11.3 Å². The molecular formula is C10H6Cl2N2O3S. The minimum atomic E-state index is -0.507. The molecule has 18 heavy (non-hydrogen) atoms. The van der Waals surface area contributed by atoms with Gasteiger partial charge in [0.15, 0.2) is 4.47 Å². The van der Waals surface area contributed by atoms with Crippen LogP contribution >= 0.6 is 34.5 Å². The molecular weight excluding hydrogens is 299 g/mol. The van der Waals surface area contributed by atoms with Crippen LogP contribution in [0.4, 0.5) is 5.69 Å². The Morgan fingerprint density at radius 3 is 2.83 bits per heavy atom. The fourth-order valence-corrected chi connectivity index (χ4v) is 2.28. The Balaban J connectivity index is 2.13. The number of nitrogens with zero attached hydrogens (tertiary/aromatic N) is 2. The molecule has 0 saturated carbocycles. The van der Waals surface area contributed by atoms with Gasteiger partial charge >= 0.3 is 0 Å². The number of nitro benzene ring substituents is 1. The minimum absolute atomic E-state index is 0.0725. The molecule has 2 aromatic rings. The highest BCUT2D eigenvalue weighted by Crippen LogP contribution is 2.30. The number of hydrogen-bond donors (Lipinski definition) is 0. The second-order valence-electron chi connectivity index (χ2n) is 3.24. The monoisotopic (exact) mass is 304 g/mol. The molecule has 1 aromatic carbocycles. The predicted octanol–water partition coefficient (Wildman–Crippen LogP) is 3.94. The quantitative estimate of drug-likeness (QED) is 0.634. The van der Waals surface area contributed by atoms with Crippen LogP contribution in [0.2, 0.25) is 9.49 Å². The van der Waals surface area contributed by atoms with Crippen molar-refractivity contribution < 1.29 is 9.66 Å². The second-order valence-corrected chi connectivity index (χ2v) is 5.34. The highest BCUT2D eigenvalue weighted by atomic mass is 35.5. The number of benzene rings is 1. The summed E-state index contributed by atoms with van der Waals surface area (Å²) in [6.45, 7) is 0.214. The maximum Gasteiger partial charge on any atom is 0.273 e. The van der Waals surface area contributed by atoms with Crippen molar-refractivity contribution in [1.82, 2.24) is 4.98 Å². The van der Waals surface area contributed by atoms with Crippen LogP contribution in [0, 0.1) is 10.1 Å². The third-order valence-electron chi connectivity index (χ3n) is 2.02. The zero-order valence-electron chi connectivity index (χ0n) is 8.80. The molecule has 1 heterocycles. The van der Waals surface area contributed by atoms with E-state index in [0.29, 0.717) is 9.49 Å². The lowest BCUT2D eigenvalue weighted by molar-refractivity contribution is -0.384. The van der Waals surface area contributed by atoms with Crippen molar-refractivity contribution in [3.63, 3.8) is 0 Å². The van der Waals surface area contributed by atoms with E-state index in [1.54, 1.807) is 6.20 Å². The van der Waals surface area contributed by atoms with Gasteiger partial charge in [0.2, 0.25) is 0 Å². The highest BCUT2D eigenvalue weighted by molar-refractivity contribution is 7.15. The lowest BCUT2D eigenvalue weighted by Crippen LogP contribution is -1.95. The van der Waals surface area contributed by atoms with Gasteiger partial charge in [0, 0.05) is 12.3 Å². The summed E-state index contributed by atoms with van der Waals surface area (Å²) in [4.78, 5) is 14.8. The van der Waals surface area contributed by atoms with Crippen molar-refractivity contribution in [2.24, 2.45) is 0 Å². The highest BCUT2D eigenvalue weighted by Gasteiger charge is 2.11. The molecule has 0 bridgehead atoms. The van der Waals surface area contributed by atoms with Gasteiger partial charge in [0.25, 0.3) is 5.69 Å². The number of ether oxygens (including phenoxy) is 1. The van der Waals surface area contributed by atoms with Crippen LogP contribution in [0.1, 0.15) is 4.88 Å². The maximum absolute atomic E-state index is 10.6. The summed E-state index contributed by atoms with van der Waals surface area (Å²) in [5, 5.41) is 10.9. The first-order chi connectivity index (χ1) is 8.56. The standard InChI is InChI=1S/C10H6Cl2N2O3S/c11-8-2-1-6(14(15)16)3-9(8)17-5-7-4-13-10(12)18-7/h1-4H,5H2. The molecule has 8 heteroatoms. The SMILES string of the molecule is O=[N+]([O-])c1ccc(Cl)c(OCc2cnc(Cl)s2)c1. The van der Waals surface area contributed by atoms with E-state index in [4.69, 9.17) is 27.9 Å². The van der Waals surface area contributed by atoms with Crippen molar-refractivity contribution >= 4 is 40.2 Å². The van der Waals surface area contributed by atoms with Crippen LogP contribution in [-0.2, 0) is 6.61 Å². The predicted molar refractivity (Wildman–Crippen MR) is 69.6 cm³/mol. The normalized spacial score (nSPS) is 10.3. The van der Waals surface area contributed by atoms with Crippen molar-refractivity contribution in [2.45, 2.75) is 6.61 Å². The van der Waals surface area contributed by atoms with Gasteiger partial charge in [-0.2, -0.15) is 0 Å². The Morgan fingerprint density at radius 2 is 2.22 bits per heavy atom. The molecule has 0 amide bonds. The summed E-state index contributed by atoms with van der Waals surface area (Å²) in [5.41, 5.74) is -0.0725. The average Bonchev–Trinajstić information content (AvgIpc) is 2.74. The number of rotatable bonds is 4. The molecule has 0 saturated heterocycles. The number of aromatic nitrogens is 1. The third kappa shape index (κ3) is 3.10. The fraction of sp³-hybridized carbons (Fsp3) is 0.100. The van der Waals surface area contributed by atoms with E-state index < -0.39 is 4.92 Å². The first-order valence-corrected chi connectivity index (χ1v) is 6.30. The summed E-state index contributed by atoms with van der Waals surface area (Å²) in [6, 6.07) is 4.03. The second kappa shape index (κ2) is 5.51. The van der Waals surface area contributed by atoms with E-state index >= 15 is 0 Å². The van der Waals surface area contributed by atoms with Gasteiger partial charge in [-0.25, -0.2) is 4.98 Å². The Hall–Kier alpha value is -1.37. The Labute approximate surface area is 116 Å². The summed E-state index contributed by atoms with van der Waals surface area (Å²) in [5.74, 6) is 0.260. The molecule has 0 fully saturated rings. The molecule has 94 valence electrons. The topological polar surface area (TPSA) is 65.3 Å². The molecule has 1 aromatic heterocycles. The number of halogens is 2. The van der Waals surface area contributed by atoms with Crippen LogP contribution in [0.3, 0.4) is 0 Å². The molecule has 0 aliphatic carbocycles. The first-order valence-electron chi connectivity index (χ1n) is 4.73. The van der Waals surface area contributed by atoms with Gasteiger partial charge in [0.1, 0.15) is 12.4 Å². The fourth-order valence-electron chi connectivity index (χ4n) is 1.22. The maximum atomic E-state index is 10.6. The van der Waals surface area contributed by atoms with E-state index in [2.05, 4.69) is 4.98 Å². The largest absolute Gasteiger partial charge is 0.486 e. The van der Waals surface area contributed by atoms with Gasteiger partial charge < -0.3 is 4.74 Å². The van der Waals surface area contributed by atoms with E-state index in [1.165, 1.54) is 29.5 Å². The minimum Gasteiger partial charge on any atom is -0.486 e. The van der Waals surface area contributed by atoms with E-state index in [9.17, 15) is 10.1 Å².